The summed E-state index contributed by atoms with van der Waals surface area (Å²) in [6.45, 7) is 3.28. The molecule has 1 atom stereocenters. The van der Waals surface area contributed by atoms with Crippen molar-refractivity contribution in [3.05, 3.63) is 105 Å². The van der Waals surface area contributed by atoms with Crippen LogP contribution in [0.3, 0.4) is 0 Å². The minimum Gasteiger partial charge on any atom is -0.456 e. The molecule has 164 valence electrons. The fourth-order valence-corrected chi connectivity index (χ4v) is 4.38. The molecule has 0 radical (unpaired) electrons. The monoisotopic (exact) mass is 456 g/mol. The maximum absolute atomic E-state index is 13.2. The van der Waals surface area contributed by atoms with E-state index in [-0.39, 0.29) is 17.4 Å². The quantitative estimate of drug-likeness (QED) is 0.373. The lowest BCUT2D eigenvalue weighted by Gasteiger charge is -2.20. The van der Waals surface area contributed by atoms with Crippen LogP contribution < -0.4 is 5.43 Å². The Morgan fingerprint density at radius 3 is 2.45 bits per heavy atom. The van der Waals surface area contributed by atoms with Crippen molar-refractivity contribution in [3.63, 3.8) is 0 Å². The van der Waals surface area contributed by atoms with E-state index in [0.717, 1.165) is 22.4 Å². The Hall–Kier alpha value is -3.70. The molecule has 0 spiro atoms. The van der Waals surface area contributed by atoms with Crippen LogP contribution in [0.15, 0.2) is 87.1 Å². The lowest BCUT2D eigenvalue weighted by atomic mass is 9.97. The second-order valence-corrected chi connectivity index (χ2v) is 8.58. The van der Waals surface area contributed by atoms with Gasteiger partial charge in [0.1, 0.15) is 11.3 Å². The van der Waals surface area contributed by atoms with E-state index in [2.05, 4.69) is 5.10 Å². The van der Waals surface area contributed by atoms with Gasteiger partial charge in [0.2, 0.25) is 5.91 Å². The van der Waals surface area contributed by atoms with Crippen molar-refractivity contribution in [2.24, 2.45) is 5.10 Å². The molecular formula is C27H21ClN2O3. The molecule has 4 aromatic rings. The maximum atomic E-state index is 13.2. The van der Waals surface area contributed by atoms with Crippen molar-refractivity contribution in [1.82, 2.24) is 5.01 Å². The SMILES string of the molecule is CC(=O)N1N=C(c2ccc3oc(-c4ccccc4)c(C)c(=O)c3c2)CC1c1ccc(Cl)cc1. The zero-order valence-electron chi connectivity index (χ0n) is 18.2. The number of fused-ring (bicyclic) bond motifs is 1. The van der Waals surface area contributed by atoms with E-state index in [0.29, 0.717) is 33.7 Å². The summed E-state index contributed by atoms with van der Waals surface area (Å²) in [5.74, 6) is 0.429. The smallest absolute Gasteiger partial charge is 0.240 e. The Balaban J connectivity index is 1.55. The topological polar surface area (TPSA) is 62.9 Å². The Bertz CT molecular complexity index is 1460. The van der Waals surface area contributed by atoms with E-state index in [1.54, 1.807) is 13.0 Å². The molecule has 5 rings (SSSR count). The van der Waals surface area contributed by atoms with Crippen molar-refractivity contribution in [3.8, 4) is 11.3 Å². The van der Waals surface area contributed by atoms with Crippen LogP contribution in [0.4, 0.5) is 0 Å². The van der Waals surface area contributed by atoms with Gasteiger partial charge in [-0.05, 0) is 48.4 Å². The third-order valence-electron chi connectivity index (χ3n) is 5.97. The summed E-state index contributed by atoms with van der Waals surface area (Å²) in [5.41, 5.74) is 4.36. The zero-order chi connectivity index (χ0) is 23.1. The first-order valence-electron chi connectivity index (χ1n) is 10.7. The van der Waals surface area contributed by atoms with Gasteiger partial charge in [-0.1, -0.05) is 54.1 Å². The molecule has 3 aromatic carbocycles. The van der Waals surface area contributed by atoms with Crippen molar-refractivity contribution >= 4 is 34.2 Å². The first-order chi connectivity index (χ1) is 15.9. The number of amides is 1. The highest BCUT2D eigenvalue weighted by molar-refractivity contribution is 6.30. The highest BCUT2D eigenvalue weighted by Gasteiger charge is 2.31. The molecule has 1 aliphatic heterocycles. The molecule has 0 fully saturated rings. The van der Waals surface area contributed by atoms with Gasteiger partial charge in [0, 0.05) is 29.5 Å². The molecule has 0 saturated heterocycles. The zero-order valence-corrected chi connectivity index (χ0v) is 19.0. The largest absolute Gasteiger partial charge is 0.456 e. The highest BCUT2D eigenvalue weighted by Crippen LogP contribution is 2.34. The second-order valence-electron chi connectivity index (χ2n) is 8.14. The van der Waals surface area contributed by atoms with Gasteiger partial charge in [-0.2, -0.15) is 5.10 Å². The van der Waals surface area contributed by atoms with Crippen LogP contribution in [0, 0.1) is 6.92 Å². The molecule has 0 N–H and O–H groups in total. The third kappa shape index (κ3) is 3.85. The number of nitrogens with zero attached hydrogens (tertiary/aromatic N) is 2. The third-order valence-corrected chi connectivity index (χ3v) is 6.23. The van der Waals surface area contributed by atoms with Gasteiger partial charge in [0.05, 0.1) is 17.1 Å². The van der Waals surface area contributed by atoms with Gasteiger partial charge in [-0.15, -0.1) is 0 Å². The Morgan fingerprint density at radius 2 is 1.76 bits per heavy atom. The summed E-state index contributed by atoms with van der Waals surface area (Å²) in [4.78, 5) is 25.5. The van der Waals surface area contributed by atoms with Crippen LogP contribution in [0.25, 0.3) is 22.3 Å². The fourth-order valence-electron chi connectivity index (χ4n) is 4.25. The number of carbonyl (C=O) groups excluding carboxylic acids is 1. The minimum atomic E-state index is -0.218. The number of hydrazone groups is 1. The van der Waals surface area contributed by atoms with Crippen LogP contribution in [0.2, 0.25) is 5.02 Å². The molecule has 6 heteroatoms. The predicted molar refractivity (Wildman–Crippen MR) is 131 cm³/mol. The summed E-state index contributed by atoms with van der Waals surface area (Å²) in [6.07, 6.45) is 0.541. The number of hydrogen-bond acceptors (Lipinski definition) is 4. The lowest BCUT2D eigenvalue weighted by molar-refractivity contribution is -0.130. The normalized spacial score (nSPS) is 15.7. The molecule has 0 aliphatic carbocycles. The van der Waals surface area contributed by atoms with Gasteiger partial charge < -0.3 is 4.42 Å². The second kappa shape index (κ2) is 8.34. The van der Waals surface area contributed by atoms with Crippen molar-refractivity contribution in [2.75, 3.05) is 0 Å². The summed E-state index contributed by atoms with van der Waals surface area (Å²) in [5, 5.41) is 7.23. The van der Waals surface area contributed by atoms with Crippen LogP contribution in [-0.2, 0) is 4.79 Å². The molecule has 0 bridgehead atoms. The van der Waals surface area contributed by atoms with Gasteiger partial charge in [0.25, 0.3) is 0 Å². The van der Waals surface area contributed by atoms with Gasteiger partial charge >= 0.3 is 0 Å². The first kappa shape index (κ1) is 21.2. The molecule has 1 unspecified atom stereocenters. The number of hydrogen-bond donors (Lipinski definition) is 0. The summed E-state index contributed by atoms with van der Waals surface area (Å²) < 4.78 is 6.12. The molecule has 1 aromatic heterocycles. The average Bonchev–Trinajstić information content (AvgIpc) is 3.28. The molecule has 33 heavy (non-hydrogen) atoms. The Kier molecular flexibility index (Phi) is 5.35. The van der Waals surface area contributed by atoms with Gasteiger partial charge in [0.15, 0.2) is 5.43 Å². The molecule has 1 amide bonds. The number of benzene rings is 3. The lowest BCUT2D eigenvalue weighted by Crippen LogP contribution is -2.24. The molecule has 2 heterocycles. The van der Waals surface area contributed by atoms with Crippen molar-refractivity contribution < 1.29 is 9.21 Å². The first-order valence-corrected chi connectivity index (χ1v) is 11.1. The van der Waals surface area contributed by atoms with E-state index in [9.17, 15) is 9.59 Å². The molecule has 1 aliphatic rings. The minimum absolute atomic E-state index is 0.0757. The summed E-state index contributed by atoms with van der Waals surface area (Å²) in [6, 6.07) is 22.3. The average molecular weight is 457 g/mol. The number of carbonyl (C=O) groups is 1. The van der Waals surface area contributed by atoms with E-state index in [1.807, 2.05) is 66.7 Å². The predicted octanol–water partition coefficient (Wildman–Crippen LogP) is 6.12. The van der Waals surface area contributed by atoms with Crippen LogP contribution >= 0.6 is 11.6 Å². The Labute approximate surface area is 195 Å². The van der Waals surface area contributed by atoms with E-state index >= 15 is 0 Å². The van der Waals surface area contributed by atoms with E-state index in [4.69, 9.17) is 16.0 Å². The number of halogens is 1. The van der Waals surface area contributed by atoms with Gasteiger partial charge in [-0.3, -0.25) is 9.59 Å². The Morgan fingerprint density at radius 1 is 1.03 bits per heavy atom. The van der Waals surface area contributed by atoms with Gasteiger partial charge in [-0.25, -0.2) is 5.01 Å². The van der Waals surface area contributed by atoms with E-state index < -0.39 is 0 Å². The van der Waals surface area contributed by atoms with E-state index in [1.165, 1.54) is 11.9 Å². The summed E-state index contributed by atoms with van der Waals surface area (Å²) in [7, 11) is 0. The standard InChI is InChI=1S/C27H21ClN2O3/c1-16-26(32)22-14-20(10-13-25(22)33-27(16)19-6-4-3-5-7-19)23-15-24(30(29-23)17(2)31)18-8-11-21(28)12-9-18/h3-14,24H,15H2,1-2H3. The molecule has 5 nitrogen and oxygen atoms in total. The number of rotatable bonds is 3. The van der Waals surface area contributed by atoms with Crippen LogP contribution in [-0.4, -0.2) is 16.6 Å². The van der Waals surface area contributed by atoms with Crippen LogP contribution in [0.5, 0.6) is 0 Å². The summed E-state index contributed by atoms with van der Waals surface area (Å²) >= 11 is 6.03. The van der Waals surface area contributed by atoms with Crippen LogP contribution in [0.1, 0.15) is 36.1 Å². The van der Waals surface area contributed by atoms with Crippen molar-refractivity contribution in [2.45, 2.75) is 26.3 Å². The van der Waals surface area contributed by atoms with Crippen molar-refractivity contribution in [1.29, 1.82) is 0 Å². The molecular weight excluding hydrogens is 436 g/mol. The highest BCUT2D eigenvalue weighted by atomic mass is 35.5. The fraction of sp³-hybridized carbons (Fsp3) is 0.148. The maximum Gasteiger partial charge on any atom is 0.240 e. The molecule has 0 saturated carbocycles.